The Bertz CT molecular complexity index is 1000. The van der Waals surface area contributed by atoms with Crippen LogP contribution in [0.1, 0.15) is 11.1 Å². The molecule has 4 rings (SSSR count). The maximum absolute atomic E-state index is 6.37. The van der Waals surface area contributed by atoms with E-state index in [0.717, 1.165) is 36.5 Å². The standard InChI is InChI=1S/C22H24BrN5O/c1-15-4-3-5-19(16(15)2)27-10-12-28(13-11-27)21-20(24)22(26-14-25-21)29-18-8-6-17(23)7-9-18/h3-9,14H,10-13,24H2,1-2H3. The van der Waals surface area contributed by atoms with Gasteiger partial charge in [0, 0.05) is 36.3 Å². The minimum Gasteiger partial charge on any atom is -0.437 e. The lowest BCUT2D eigenvalue weighted by atomic mass is 10.1. The maximum Gasteiger partial charge on any atom is 0.248 e. The van der Waals surface area contributed by atoms with Crippen LogP contribution in [0.15, 0.2) is 53.3 Å². The minimum absolute atomic E-state index is 0.384. The van der Waals surface area contributed by atoms with Crippen molar-refractivity contribution in [2.45, 2.75) is 13.8 Å². The van der Waals surface area contributed by atoms with Gasteiger partial charge in [0.25, 0.3) is 0 Å². The van der Waals surface area contributed by atoms with Crippen LogP contribution in [0, 0.1) is 13.8 Å². The molecule has 1 aliphatic rings. The summed E-state index contributed by atoms with van der Waals surface area (Å²) in [6, 6.07) is 14.0. The first-order chi connectivity index (χ1) is 14.0. The van der Waals surface area contributed by atoms with Crippen molar-refractivity contribution in [1.29, 1.82) is 0 Å². The zero-order valence-electron chi connectivity index (χ0n) is 16.6. The van der Waals surface area contributed by atoms with Crippen LogP contribution in [0.25, 0.3) is 0 Å². The summed E-state index contributed by atoms with van der Waals surface area (Å²) >= 11 is 3.42. The summed E-state index contributed by atoms with van der Waals surface area (Å²) in [4.78, 5) is 13.3. The molecule has 7 heteroatoms. The van der Waals surface area contributed by atoms with Gasteiger partial charge in [-0.1, -0.05) is 28.1 Å². The van der Waals surface area contributed by atoms with Crippen LogP contribution in [-0.4, -0.2) is 36.1 Å². The summed E-state index contributed by atoms with van der Waals surface area (Å²) in [7, 11) is 0. The molecule has 3 aromatic rings. The largest absolute Gasteiger partial charge is 0.437 e. The second-order valence-corrected chi connectivity index (χ2v) is 8.08. The third kappa shape index (κ3) is 4.15. The molecular formula is C22H24BrN5O. The van der Waals surface area contributed by atoms with Crippen LogP contribution in [-0.2, 0) is 0 Å². The highest BCUT2D eigenvalue weighted by Gasteiger charge is 2.23. The Balaban J connectivity index is 1.48. The monoisotopic (exact) mass is 453 g/mol. The summed E-state index contributed by atoms with van der Waals surface area (Å²) in [5.41, 5.74) is 10.8. The number of nitrogens with two attached hydrogens (primary N) is 1. The second-order valence-electron chi connectivity index (χ2n) is 7.17. The van der Waals surface area contributed by atoms with E-state index in [4.69, 9.17) is 10.5 Å². The molecule has 0 spiro atoms. The first-order valence-electron chi connectivity index (χ1n) is 9.63. The molecule has 0 aliphatic carbocycles. The zero-order chi connectivity index (χ0) is 20.4. The molecule has 2 heterocycles. The van der Waals surface area contributed by atoms with Crippen LogP contribution in [0.3, 0.4) is 0 Å². The minimum atomic E-state index is 0.384. The van der Waals surface area contributed by atoms with Gasteiger partial charge in [0.15, 0.2) is 5.82 Å². The van der Waals surface area contributed by atoms with Gasteiger partial charge >= 0.3 is 0 Å². The van der Waals surface area contributed by atoms with E-state index < -0.39 is 0 Å². The molecule has 0 bridgehead atoms. The molecule has 0 amide bonds. The Labute approximate surface area is 179 Å². The number of aromatic nitrogens is 2. The van der Waals surface area contributed by atoms with Crippen LogP contribution < -0.4 is 20.3 Å². The van der Waals surface area contributed by atoms with Crippen molar-refractivity contribution < 1.29 is 4.74 Å². The number of anilines is 3. The molecule has 0 saturated carbocycles. The van der Waals surface area contributed by atoms with E-state index in [1.807, 2.05) is 24.3 Å². The van der Waals surface area contributed by atoms with Crippen molar-refractivity contribution >= 4 is 33.1 Å². The number of hydrogen-bond acceptors (Lipinski definition) is 6. The number of rotatable bonds is 4. The number of nitrogens with zero attached hydrogens (tertiary/aromatic N) is 4. The highest BCUT2D eigenvalue weighted by atomic mass is 79.9. The van der Waals surface area contributed by atoms with Gasteiger partial charge in [-0.25, -0.2) is 4.98 Å². The van der Waals surface area contributed by atoms with Gasteiger partial charge < -0.3 is 20.3 Å². The van der Waals surface area contributed by atoms with E-state index in [-0.39, 0.29) is 0 Å². The Kier molecular flexibility index (Phi) is 5.58. The number of halogens is 1. The lowest BCUT2D eigenvalue weighted by molar-refractivity contribution is 0.463. The number of piperazine rings is 1. The van der Waals surface area contributed by atoms with Gasteiger partial charge in [-0.05, 0) is 55.3 Å². The molecule has 1 fully saturated rings. The molecule has 0 radical (unpaired) electrons. The van der Waals surface area contributed by atoms with E-state index in [1.165, 1.54) is 23.1 Å². The predicted octanol–water partition coefficient (Wildman–Crippen LogP) is 4.56. The maximum atomic E-state index is 6.37. The first-order valence-corrected chi connectivity index (χ1v) is 10.4. The first kappa shape index (κ1) is 19.5. The van der Waals surface area contributed by atoms with Gasteiger partial charge in [0.1, 0.15) is 17.8 Å². The molecule has 1 aliphatic heterocycles. The summed E-state index contributed by atoms with van der Waals surface area (Å²) in [5.74, 6) is 1.80. The molecule has 0 atom stereocenters. The fourth-order valence-corrected chi connectivity index (χ4v) is 3.82. The average Bonchev–Trinajstić information content (AvgIpc) is 2.73. The van der Waals surface area contributed by atoms with Crippen LogP contribution in [0.2, 0.25) is 0 Å². The summed E-state index contributed by atoms with van der Waals surface area (Å²) in [6.07, 6.45) is 1.51. The molecule has 1 saturated heterocycles. The average molecular weight is 454 g/mol. The fourth-order valence-electron chi connectivity index (χ4n) is 3.56. The molecule has 150 valence electrons. The zero-order valence-corrected chi connectivity index (χ0v) is 18.2. The number of aryl methyl sites for hydroxylation is 1. The van der Waals surface area contributed by atoms with Crippen LogP contribution in [0.4, 0.5) is 17.2 Å². The molecule has 2 aromatic carbocycles. The van der Waals surface area contributed by atoms with Gasteiger partial charge in [0.05, 0.1) is 0 Å². The number of benzene rings is 2. The second kappa shape index (κ2) is 8.29. The van der Waals surface area contributed by atoms with E-state index in [0.29, 0.717) is 17.3 Å². The molecular weight excluding hydrogens is 430 g/mol. The van der Waals surface area contributed by atoms with Crippen LogP contribution >= 0.6 is 15.9 Å². The van der Waals surface area contributed by atoms with E-state index in [1.54, 1.807) is 0 Å². The topological polar surface area (TPSA) is 67.5 Å². The fraction of sp³-hybridized carbons (Fsp3) is 0.273. The third-order valence-corrected chi connectivity index (χ3v) is 5.88. The van der Waals surface area contributed by atoms with Crippen molar-refractivity contribution in [3.63, 3.8) is 0 Å². The Hall–Kier alpha value is -2.80. The molecule has 6 nitrogen and oxygen atoms in total. The molecule has 0 unspecified atom stereocenters. The van der Waals surface area contributed by atoms with Crippen LogP contribution in [0.5, 0.6) is 11.6 Å². The van der Waals surface area contributed by atoms with Crippen molar-refractivity contribution in [3.8, 4) is 11.6 Å². The quantitative estimate of drug-likeness (QED) is 0.624. The Morgan fingerprint density at radius 3 is 2.34 bits per heavy atom. The Morgan fingerprint density at radius 1 is 0.931 bits per heavy atom. The molecule has 29 heavy (non-hydrogen) atoms. The summed E-state index contributed by atoms with van der Waals surface area (Å²) < 4.78 is 6.87. The summed E-state index contributed by atoms with van der Waals surface area (Å²) in [6.45, 7) is 7.85. The third-order valence-electron chi connectivity index (χ3n) is 5.35. The van der Waals surface area contributed by atoms with Gasteiger partial charge in [-0.2, -0.15) is 4.98 Å². The lowest BCUT2D eigenvalue weighted by Gasteiger charge is -2.38. The van der Waals surface area contributed by atoms with Gasteiger partial charge in [0.2, 0.25) is 5.88 Å². The van der Waals surface area contributed by atoms with Gasteiger partial charge in [-0.3, -0.25) is 0 Å². The van der Waals surface area contributed by atoms with Crippen molar-refractivity contribution in [1.82, 2.24) is 9.97 Å². The number of ether oxygens (including phenoxy) is 1. The highest BCUT2D eigenvalue weighted by Crippen LogP contribution is 2.33. The van der Waals surface area contributed by atoms with Crippen molar-refractivity contribution in [2.24, 2.45) is 0 Å². The number of hydrogen-bond donors (Lipinski definition) is 1. The highest BCUT2D eigenvalue weighted by molar-refractivity contribution is 9.10. The van der Waals surface area contributed by atoms with Crippen molar-refractivity contribution in [3.05, 3.63) is 64.4 Å². The summed E-state index contributed by atoms with van der Waals surface area (Å²) in [5, 5.41) is 0. The number of nitrogen functional groups attached to an aromatic ring is 1. The van der Waals surface area contributed by atoms with Crippen molar-refractivity contribution in [2.75, 3.05) is 41.7 Å². The normalized spacial score (nSPS) is 14.2. The Morgan fingerprint density at radius 2 is 1.62 bits per heavy atom. The van der Waals surface area contributed by atoms with E-state index >= 15 is 0 Å². The van der Waals surface area contributed by atoms with E-state index in [9.17, 15) is 0 Å². The van der Waals surface area contributed by atoms with Gasteiger partial charge in [-0.15, -0.1) is 0 Å². The lowest BCUT2D eigenvalue weighted by Crippen LogP contribution is -2.47. The SMILES string of the molecule is Cc1cccc(N2CCN(c3ncnc(Oc4ccc(Br)cc4)c3N)CC2)c1C. The smallest absolute Gasteiger partial charge is 0.248 e. The molecule has 2 N–H and O–H groups in total. The molecule has 1 aromatic heterocycles. The van der Waals surface area contributed by atoms with E-state index in [2.05, 4.69) is 67.7 Å². The predicted molar refractivity (Wildman–Crippen MR) is 121 cm³/mol.